The molecule has 0 aliphatic heterocycles. The molecule has 0 radical (unpaired) electrons. The quantitative estimate of drug-likeness (QED) is 0.588. The van der Waals surface area contributed by atoms with Gasteiger partial charge in [-0.3, -0.25) is 0 Å². The Morgan fingerprint density at radius 2 is 1.83 bits per heavy atom. The van der Waals surface area contributed by atoms with E-state index in [2.05, 4.69) is 15.4 Å². The van der Waals surface area contributed by atoms with Gasteiger partial charge < -0.3 is 20.1 Å². The Kier molecular flexibility index (Phi) is 6.66. The molecule has 0 spiro atoms. The van der Waals surface area contributed by atoms with Gasteiger partial charge >= 0.3 is 12.4 Å². The van der Waals surface area contributed by atoms with Crippen molar-refractivity contribution in [2.45, 2.75) is 25.6 Å². The fourth-order valence-corrected chi connectivity index (χ4v) is 3.06. The highest BCUT2D eigenvalue weighted by Crippen LogP contribution is 2.32. The number of benzene rings is 2. The highest BCUT2D eigenvalue weighted by Gasteiger charge is 2.31. The van der Waals surface area contributed by atoms with Crippen LogP contribution in [0.15, 0.2) is 72.5 Å². The Bertz CT molecular complexity index is 937. The number of ether oxygens (including phenoxy) is 2. The third-order valence-electron chi connectivity index (χ3n) is 4.33. The first-order valence-electron chi connectivity index (χ1n) is 9.38. The van der Waals surface area contributed by atoms with Gasteiger partial charge in [0, 0.05) is 17.3 Å². The molecule has 8 heteroatoms. The molecule has 0 aromatic heterocycles. The molecule has 158 valence electrons. The van der Waals surface area contributed by atoms with Gasteiger partial charge in [0.2, 0.25) is 0 Å². The van der Waals surface area contributed by atoms with Crippen molar-refractivity contribution < 1.29 is 27.4 Å². The number of urea groups is 1. The number of alkyl halides is 3. The second-order valence-corrected chi connectivity index (χ2v) is 6.48. The van der Waals surface area contributed by atoms with Crippen LogP contribution in [-0.4, -0.2) is 19.0 Å². The standard InChI is InChI=1S/C22H21F3N2O3/c1-2-29-17-11-7-15(8-12-17)19-5-3-4-6-20(19)27-21(28)26-16-9-13-18(14-10-16)30-22(23,24)25/h3-7,9-15H,2,8H2,1H3,(H2,26,27,28). The van der Waals surface area contributed by atoms with Gasteiger partial charge in [0.1, 0.15) is 11.5 Å². The van der Waals surface area contributed by atoms with Gasteiger partial charge in [0.15, 0.2) is 0 Å². The Morgan fingerprint density at radius 3 is 2.47 bits per heavy atom. The number of halogens is 3. The summed E-state index contributed by atoms with van der Waals surface area (Å²) in [7, 11) is 0. The number of carbonyl (C=O) groups excluding carboxylic acids is 1. The van der Waals surface area contributed by atoms with Crippen molar-refractivity contribution in [2.75, 3.05) is 17.2 Å². The molecule has 1 unspecified atom stereocenters. The topological polar surface area (TPSA) is 59.6 Å². The van der Waals surface area contributed by atoms with Crippen LogP contribution in [0.4, 0.5) is 29.3 Å². The van der Waals surface area contributed by atoms with E-state index in [0.29, 0.717) is 18.0 Å². The highest BCUT2D eigenvalue weighted by molar-refractivity contribution is 6.00. The van der Waals surface area contributed by atoms with Gasteiger partial charge in [-0.15, -0.1) is 13.2 Å². The molecule has 2 amide bonds. The Morgan fingerprint density at radius 1 is 1.10 bits per heavy atom. The average molecular weight is 418 g/mol. The number of hydrogen-bond acceptors (Lipinski definition) is 3. The lowest BCUT2D eigenvalue weighted by Crippen LogP contribution is -2.21. The lowest BCUT2D eigenvalue weighted by atomic mass is 9.91. The smallest absolute Gasteiger partial charge is 0.494 e. The maximum Gasteiger partial charge on any atom is 0.573 e. The largest absolute Gasteiger partial charge is 0.573 e. The van der Waals surface area contributed by atoms with Gasteiger partial charge in [-0.2, -0.15) is 0 Å². The van der Waals surface area contributed by atoms with Crippen LogP contribution in [0.3, 0.4) is 0 Å². The van der Waals surface area contributed by atoms with Gasteiger partial charge in [-0.1, -0.05) is 24.3 Å². The molecule has 0 saturated heterocycles. The van der Waals surface area contributed by atoms with Crippen molar-refractivity contribution >= 4 is 17.4 Å². The predicted octanol–water partition coefficient (Wildman–Crippen LogP) is 6.19. The van der Waals surface area contributed by atoms with Crippen molar-refractivity contribution in [1.82, 2.24) is 0 Å². The number of nitrogens with one attached hydrogen (secondary N) is 2. The molecular weight excluding hydrogens is 397 g/mol. The minimum atomic E-state index is -4.76. The normalized spacial score (nSPS) is 15.9. The zero-order valence-corrected chi connectivity index (χ0v) is 16.2. The molecule has 0 saturated carbocycles. The summed E-state index contributed by atoms with van der Waals surface area (Å²) in [5, 5.41) is 5.40. The summed E-state index contributed by atoms with van der Waals surface area (Å²) in [5.74, 6) is 0.557. The molecule has 2 aromatic carbocycles. The van der Waals surface area contributed by atoms with Crippen LogP contribution in [0.1, 0.15) is 24.8 Å². The van der Waals surface area contributed by atoms with Crippen LogP contribution in [0.25, 0.3) is 0 Å². The number of amides is 2. The van der Waals surface area contributed by atoms with Crippen LogP contribution in [-0.2, 0) is 4.74 Å². The molecule has 1 aliphatic carbocycles. The first-order valence-corrected chi connectivity index (χ1v) is 9.38. The molecule has 3 rings (SSSR count). The second-order valence-electron chi connectivity index (χ2n) is 6.48. The van der Waals surface area contributed by atoms with Crippen molar-refractivity contribution in [2.24, 2.45) is 0 Å². The van der Waals surface area contributed by atoms with Crippen molar-refractivity contribution in [3.63, 3.8) is 0 Å². The summed E-state index contributed by atoms with van der Waals surface area (Å²) in [6.45, 7) is 2.53. The third kappa shape index (κ3) is 6.04. The van der Waals surface area contributed by atoms with Crippen LogP contribution in [0.2, 0.25) is 0 Å². The van der Waals surface area contributed by atoms with E-state index in [4.69, 9.17) is 4.74 Å². The lowest BCUT2D eigenvalue weighted by Gasteiger charge is -2.20. The lowest BCUT2D eigenvalue weighted by molar-refractivity contribution is -0.274. The Labute approximate surface area is 172 Å². The van der Waals surface area contributed by atoms with Crippen molar-refractivity contribution in [1.29, 1.82) is 0 Å². The molecule has 1 atom stereocenters. The zero-order valence-electron chi connectivity index (χ0n) is 16.2. The summed E-state index contributed by atoms with van der Waals surface area (Å²) >= 11 is 0. The zero-order chi connectivity index (χ0) is 21.6. The maximum absolute atomic E-state index is 12.4. The predicted molar refractivity (Wildman–Crippen MR) is 108 cm³/mol. The average Bonchev–Trinajstić information content (AvgIpc) is 2.70. The second kappa shape index (κ2) is 9.39. The maximum atomic E-state index is 12.4. The number of anilines is 2. The van der Waals surface area contributed by atoms with E-state index >= 15 is 0 Å². The van der Waals surface area contributed by atoms with Crippen LogP contribution >= 0.6 is 0 Å². The van der Waals surface area contributed by atoms with Crippen molar-refractivity contribution in [3.05, 3.63) is 78.1 Å². The summed E-state index contributed by atoms with van der Waals surface area (Å²) < 4.78 is 46.0. The molecule has 1 aliphatic rings. The summed E-state index contributed by atoms with van der Waals surface area (Å²) in [6.07, 6.45) is 1.94. The molecular formula is C22H21F3N2O3. The summed E-state index contributed by atoms with van der Waals surface area (Å²) in [5.41, 5.74) is 1.93. The van der Waals surface area contributed by atoms with Gasteiger partial charge in [0.05, 0.1) is 6.61 Å². The summed E-state index contributed by atoms with van der Waals surface area (Å²) in [6, 6.07) is 11.9. The highest BCUT2D eigenvalue weighted by atomic mass is 19.4. The van der Waals surface area contributed by atoms with E-state index in [9.17, 15) is 18.0 Å². The number of rotatable bonds is 6. The Balaban J connectivity index is 1.63. The first-order chi connectivity index (χ1) is 14.3. The third-order valence-corrected chi connectivity index (χ3v) is 4.33. The molecule has 0 heterocycles. The molecule has 0 bridgehead atoms. The van der Waals surface area contributed by atoms with E-state index in [1.54, 1.807) is 6.07 Å². The number of para-hydroxylation sites is 1. The minimum Gasteiger partial charge on any atom is -0.494 e. The van der Waals surface area contributed by atoms with Crippen LogP contribution < -0.4 is 15.4 Å². The first kappa shape index (κ1) is 21.3. The van der Waals surface area contributed by atoms with E-state index in [-0.39, 0.29) is 11.7 Å². The molecule has 5 nitrogen and oxygen atoms in total. The van der Waals surface area contributed by atoms with Crippen LogP contribution in [0, 0.1) is 0 Å². The summed E-state index contributed by atoms with van der Waals surface area (Å²) in [4.78, 5) is 12.4. The molecule has 0 fully saturated rings. The number of allylic oxidation sites excluding steroid dienone is 3. The number of carbonyl (C=O) groups is 1. The van der Waals surface area contributed by atoms with E-state index in [1.807, 2.05) is 43.4 Å². The van der Waals surface area contributed by atoms with E-state index in [1.165, 1.54) is 12.1 Å². The van der Waals surface area contributed by atoms with Gasteiger partial charge in [0.25, 0.3) is 0 Å². The fourth-order valence-electron chi connectivity index (χ4n) is 3.06. The fraction of sp³-hybridized carbons (Fsp3) is 0.227. The van der Waals surface area contributed by atoms with Crippen LogP contribution in [0.5, 0.6) is 5.75 Å². The van der Waals surface area contributed by atoms with E-state index in [0.717, 1.165) is 29.9 Å². The molecule has 2 aromatic rings. The Hall–Kier alpha value is -3.42. The SMILES string of the molecule is CCOC1=CCC(c2ccccc2NC(=O)Nc2ccc(OC(F)(F)F)cc2)C=C1. The van der Waals surface area contributed by atoms with E-state index < -0.39 is 12.4 Å². The molecule has 30 heavy (non-hydrogen) atoms. The van der Waals surface area contributed by atoms with Gasteiger partial charge in [-0.25, -0.2) is 4.79 Å². The number of hydrogen-bond donors (Lipinski definition) is 2. The monoisotopic (exact) mass is 418 g/mol. The van der Waals surface area contributed by atoms with Gasteiger partial charge in [-0.05, 0) is 61.4 Å². The molecule has 2 N–H and O–H groups in total. The minimum absolute atomic E-state index is 0.0875. The van der Waals surface area contributed by atoms with Crippen molar-refractivity contribution in [3.8, 4) is 5.75 Å².